The minimum atomic E-state index is 1.14. The zero-order chi connectivity index (χ0) is 5.54. The molecule has 0 heterocycles. The molecule has 0 aliphatic heterocycles. The van der Waals surface area contributed by atoms with Crippen LogP contribution >= 0.6 is 23.5 Å². The summed E-state index contributed by atoms with van der Waals surface area (Å²) in [6, 6.07) is 0. The van der Waals surface area contributed by atoms with E-state index < -0.39 is 0 Å². The van der Waals surface area contributed by atoms with E-state index in [0.29, 0.717) is 0 Å². The quantitative estimate of drug-likeness (QED) is 0.580. The van der Waals surface area contributed by atoms with Crippen molar-refractivity contribution in [2.45, 2.75) is 0 Å². The van der Waals surface area contributed by atoms with Crippen molar-refractivity contribution in [3.8, 4) is 0 Å². The van der Waals surface area contributed by atoms with Crippen molar-refractivity contribution < 1.29 is 0 Å². The van der Waals surface area contributed by atoms with Crippen LogP contribution in [0.3, 0.4) is 0 Å². The second-order valence-electron chi connectivity index (χ2n) is 1.06. The Hall–Kier alpha value is 0.440. The van der Waals surface area contributed by atoms with Crippen molar-refractivity contribution in [2.24, 2.45) is 0 Å². The molecule has 2 heteroatoms. The molecule has 42 valence electrons. The highest BCUT2D eigenvalue weighted by Crippen LogP contribution is 1.96. The molecule has 0 nitrogen and oxygen atoms in total. The molecular weight excluding hydrogens is 124 g/mol. The van der Waals surface area contributed by atoms with Crippen molar-refractivity contribution in [3.63, 3.8) is 0 Å². The molecule has 0 unspecified atom stereocenters. The lowest BCUT2D eigenvalue weighted by Gasteiger charge is -1.80. The summed E-state index contributed by atoms with van der Waals surface area (Å²) < 4.78 is 0. The van der Waals surface area contributed by atoms with Gasteiger partial charge in [0.15, 0.2) is 0 Å². The Bertz CT molecular complexity index is 50.0. The van der Waals surface area contributed by atoms with Gasteiger partial charge < -0.3 is 0 Å². The molecular formula is C5H10S2. The lowest BCUT2D eigenvalue weighted by molar-refractivity contribution is 1.81. The van der Waals surface area contributed by atoms with Crippen molar-refractivity contribution in [3.05, 3.63) is 11.5 Å². The second-order valence-corrected chi connectivity index (χ2v) is 2.72. The largest absolute Gasteiger partial charge is 0.161 e. The predicted molar refractivity (Wildman–Crippen MR) is 41.0 cm³/mol. The van der Waals surface area contributed by atoms with E-state index in [-0.39, 0.29) is 0 Å². The Morgan fingerprint density at radius 3 is 2.57 bits per heavy atom. The number of thioether (sulfide) groups is 2. The molecule has 0 radical (unpaired) electrons. The highest BCUT2D eigenvalue weighted by Gasteiger charge is 1.67. The fourth-order valence-electron chi connectivity index (χ4n) is 0.232. The summed E-state index contributed by atoms with van der Waals surface area (Å²) in [6.45, 7) is 0. The maximum absolute atomic E-state index is 2.16. The molecule has 0 aromatic rings. The maximum Gasteiger partial charge on any atom is 0.0118 e. The molecule has 0 fully saturated rings. The fourth-order valence-corrected chi connectivity index (χ4v) is 0.931. The Balaban J connectivity index is 2.78. The van der Waals surface area contributed by atoms with Gasteiger partial charge in [0.25, 0.3) is 0 Å². The molecule has 0 aromatic carbocycles. The fraction of sp³-hybridized carbons (Fsp3) is 0.600. The molecule has 0 saturated heterocycles. The van der Waals surface area contributed by atoms with E-state index in [1.807, 2.05) is 11.8 Å². The van der Waals surface area contributed by atoms with E-state index in [2.05, 4.69) is 24.0 Å². The molecule has 0 amide bonds. The first-order valence-corrected chi connectivity index (χ1v) is 4.76. The molecule has 0 aliphatic carbocycles. The Morgan fingerprint density at radius 2 is 2.14 bits per heavy atom. The molecule has 0 rings (SSSR count). The Kier molecular flexibility index (Phi) is 6.84. The summed E-state index contributed by atoms with van der Waals surface area (Å²) in [5, 5.41) is 2.11. The summed E-state index contributed by atoms with van der Waals surface area (Å²) in [5.41, 5.74) is 0. The van der Waals surface area contributed by atoms with Gasteiger partial charge in [0.2, 0.25) is 0 Å². The minimum Gasteiger partial charge on any atom is -0.161 e. The predicted octanol–water partition coefficient (Wildman–Crippen LogP) is 2.23. The van der Waals surface area contributed by atoms with Crippen LogP contribution in [0.2, 0.25) is 0 Å². The number of hydrogen-bond acceptors (Lipinski definition) is 2. The first-order valence-electron chi connectivity index (χ1n) is 2.08. The highest BCUT2D eigenvalue weighted by atomic mass is 32.2. The van der Waals surface area contributed by atoms with Crippen LogP contribution < -0.4 is 0 Å². The van der Waals surface area contributed by atoms with E-state index in [4.69, 9.17) is 0 Å². The Morgan fingerprint density at radius 1 is 1.43 bits per heavy atom. The molecule has 0 bridgehead atoms. The topological polar surface area (TPSA) is 0 Å². The molecule has 0 saturated carbocycles. The van der Waals surface area contributed by atoms with Gasteiger partial charge in [-0.05, 0) is 17.9 Å². The zero-order valence-corrected chi connectivity index (χ0v) is 6.31. The molecule has 0 aliphatic rings. The number of rotatable bonds is 3. The second kappa shape index (κ2) is 6.44. The van der Waals surface area contributed by atoms with Gasteiger partial charge in [0.05, 0.1) is 0 Å². The standard InChI is InChI=1S/C5H10S2/c1-6-4-3-5-7-2/h3-4H,5H2,1-2H3/b4-3+. The van der Waals surface area contributed by atoms with Crippen LogP contribution in [0.1, 0.15) is 0 Å². The lowest BCUT2D eigenvalue weighted by atomic mass is 10.8. The van der Waals surface area contributed by atoms with E-state index >= 15 is 0 Å². The van der Waals surface area contributed by atoms with Crippen LogP contribution in [0, 0.1) is 0 Å². The molecule has 7 heavy (non-hydrogen) atoms. The third kappa shape index (κ3) is 6.44. The third-order valence-electron chi connectivity index (χ3n) is 0.495. The summed E-state index contributed by atoms with van der Waals surface area (Å²) in [4.78, 5) is 0. The Labute approximate surface area is 53.8 Å². The van der Waals surface area contributed by atoms with Gasteiger partial charge in [-0.2, -0.15) is 11.8 Å². The highest BCUT2D eigenvalue weighted by molar-refractivity contribution is 8.01. The van der Waals surface area contributed by atoms with Crippen LogP contribution in [0.4, 0.5) is 0 Å². The average molecular weight is 134 g/mol. The maximum atomic E-state index is 2.16. The first kappa shape index (κ1) is 7.44. The summed E-state index contributed by atoms with van der Waals surface area (Å²) in [7, 11) is 0. The molecule has 0 N–H and O–H groups in total. The summed E-state index contributed by atoms with van der Waals surface area (Å²) in [5.74, 6) is 1.14. The van der Waals surface area contributed by atoms with Crippen molar-refractivity contribution >= 4 is 23.5 Å². The number of hydrogen-bond donors (Lipinski definition) is 0. The van der Waals surface area contributed by atoms with Gasteiger partial charge in [-0.3, -0.25) is 0 Å². The van der Waals surface area contributed by atoms with E-state index in [0.717, 1.165) is 5.75 Å². The van der Waals surface area contributed by atoms with E-state index in [1.54, 1.807) is 11.8 Å². The zero-order valence-electron chi connectivity index (χ0n) is 4.68. The molecule has 0 spiro atoms. The average Bonchev–Trinajstić information content (AvgIpc) is 1.69. The minimum absolute atomic E-state index is 1.14. The van der Waals surface area contributed by atoms with Crippen LogP contribution in [-0.4, -0.2) is 18.3 Å². The van der Waals surface area contributed by atoms with Crippen LogP contribution in [-0.2, 0) is 0 Å². The van der Waals surface area contributed by atoms with Gasteiger partial charge in [-0.25, -0.2) is 0 Å². The van der Waals surface area contributed by atoms with Gasteiger partial charge >= 0.3 is 0 Å². The van der Waals surface area contributed by atoms with Crippen LogP contribution in [0.5, 0.6) is 0 Å². The molecule has 0 aromatic heterocycles. The van der Waals surface area contributed by atoms with Gasteiger partial charge in [-0.1, -0.05) is 6.08 Å². The third-order valence-corrected chi connectivity index (χ3v) is 1.49. The monoisotopic (exact) mass is 134 g/mol. The summed E-state index contributed by atoms with van der Waals surface area (Å²) in [6.07, 6.45) is 6.33. The van der Waals surface area contributed by atoms with Gasteiger partial charge in [0, 0.05) is 5.75 Å². The van der Waals surface area contributed by atoms with E-state index in [9.17, 15) is 0 Å². The smallest absolute Gasteiger partial charge is 0.0118 e. The van der Waals surface area contributed by atoms with Crippen LogP contribution in [0.15, 0.2) is 11.5 Å². The SMILES string of the molecule is CS/C=C/CSC. The van der Waals surface area contributed by atoms with Crippen molar-refractivity contribution in [2.75, 3.05) is 18.3 Å². The first-order chi connectivity index (χ1) is 3.41. The normalized spacial score (nSPS) is 10.6. The molecule has 0 atom stereocenters. The van der Waals surface area contributed by atoms with Gasteiger partial charge in [0.1, 0.15) is 0 Å². The van der Waals surface area contributed by atoms with E-state index in [1.165, 1.54) is 0 Å². The van der Waals surface area contributed by atoms with Gasteiger partial charge in [-0.15, -0.1) is 11.8 Å². The van der Waals surface area contributed by atoms with Crippen molar-refractivity contribution in [1.82, 2.24) is 0 Å². The summed E-state index contributed by atoms with van der Waals surface area (Å²) >= 11 is 3.59. The van der Waals surface area contributed by atoms with Crippen molar-refractivity contribution in [1.29, 1.82) is 0 Å². The lowest BCUT2D eigenvalue weighted by Crippen LogP contribution is -1.61. The van der Waals surface area contributed by atoms with Crippen LogP contribution in [0.25, 0.3) is 0 Å².